The molecule has 13 nitrogen and oxygen atoms in total. The molecule has 3 N–H and O–H groups in total. The lowest BCUT2D eigenvalue weighted by Crippen LogP contribution is -2.73. The van der Waals surface area contributed by atoms with Crippen LogP contribution in [-0.4, -0.2) is 74.6 Å². The van der Waals surface area contributed by atoms with Gasteiger partial charge in [0, 0.05) is 11.8 Å². The molecule has 48 heavy (non-hydrogen) atoms. The molecule has 0 radical (unpaired) electrons. The van der Waals surface area contributed by atoms with E-state index < -0.39 is 36.0 Å². The number of carbonyl (C=O) groups excluding carboxylic acids is 3. The van der Waals surface area contributed by atoms with Crippen molar-refractivity contribution in [2.24, 2.45) is 5.16 Å². The van der Waals surface area contributed by atoms with Crippen LogP contribution in [0, 0.1) is 0 Å². The molecule has 2 atom stereocenters. The van der Waals surface area contributed by atoms with Crippen LogP contribution in [0.15, 0.2) is 105 Å². The molecule has 0 bridgehead atoms. The largest absolute Gasteiger partial charge is 0.492 e. The SMILES string of the molecule is C=CCCO/N=C(\C(=O)NC1C(=O)N2C(C(=O)OC(c3ccccc3)c3ccccc3)=C(CSc3nncs3)OCC12)c1csc(N)n1. The van der Waals surface area contributed by atoms with Crippen molar-refractivity contribution in [1.82, 2.24) is 25.4 Å². The molecule has 2 aromatic carbocycles. The van der Waals surface area contributed by atoms with Crippen molar-refractivity contribution in [2.45, 2.75) is 28.9 Å². The van der Waals surface area contributed by atoms with E-state index in [0.29, 0.717) is 10.8 Å². The molecule has 0 saturated carbocycles. The number of anilines is 1. The van der Waals surface area contributed by atoms with Crippen molar-refractivity contribution in [1.29, 1.82) is 0 Å². The number of esters is 1. The van der Waals surface area contributed by atoms with Crippen molar-refractivity contribution in [3.05, 3.63) is 112 Å². The summed E-state index contributed by atoms with van der Waals surface area (Å²) in [7, 11) is 0. The molecule has 1 saturated heterocycles. The van der Waals surface area contributed by atoms with Gasteiger partial charge in [0.15, 0.2) is 27.0 Å². The minimum Gasteiger partial charge on any atom is -0.492 e. The van der Waals surface area contributed by atoms with E-state index in [1.54, 1.807) is 17.0 Å². The van der Waals surface area contributed by atoms with E-state index in [4.69, 9.17) is 20.0 Å². The van der Waals surface area contributed by atoms with Crippen molar-refractivity contribution in [3.63, 3.8) is 0 Å². The Morgan fingerprint density at radius 1 is 1.17 bits per heavy atom. The number of amides is 2. The number of nitrogens with one attached hydrogen (secondary N) is 1. The fourth-order valence-corrected chi connectivity index (χ4v) is 7.00. The van der Waals surface area contributed by atoms with Crippen molar-refractivity contribution < 1.29 is 28.7 Å². The number of oxime groups is 1. The second-order valence-electron chi connectivity index (χ2n) is 10.3. The zero-order valence-electron chi connectivity index (χ0n) is 25.3. The summed E-state index contributed by atoms with van der Waals surface area (Å²) in [6.45, 7) is 3.85. The Hall–Kier alpha value is -5.06. The normalized spacial score (nSPS) is 17.3. The van der Waals surface area contributed by atoms with Gasteiger partial charge in [0.1, 0.15) is 42.3 Å². The zero-order chi connectivity index (χ0) is 33.5. The van der Waals surface area contributed by atoms with Crippen LogP contribution < -0.4 is 11.1 Å². The number of thioether (sulfide) groups is 1. The van der Waals surface area contributed by atoms with Gasteiger partial charge in [-0.1, -0.05) is 95.0 Å². The van der Waals surface area contributed by atoms with Gasteiger partial charge in [0.2, 0.25) is 0 Å². The van der Waals surface area contributed by atoms with Gasteiger partial charge in [-0.15, -0.1) is 28.1 Å². The first-order valence-electron chi connectivity index (χ1n) is 14.7. The van der Waals surface area contributed by atoms with Crippen LogP contribution in [0.2, 0.25) is 0 Å². The van der Waals surface area contributed by atoms with E-state index in [1.165, 1.54) is 28.0 Å². The van der Waals surface area contributed by atoms with Crippen LogP contribution in [0.25, 0.3) is 0 Å². The topological polar surface area (TPSA) is 171 Å². The minimum absolute atomic E-state index is 0.0201. The van der Waals surface area contributed by atoms with E-state index in [0.717, 1.165) is 22.5 Å². The number of hydrogen-bond acceptors (Lipinski definition) is 14. The molecule has 4 heterocycles. The number of nitrogens with zero attached hydrogens (tertiary/aromatic N) is 5. The molecule has 246 valence electrons. The van der Waals surface area contributed by atoms with E-state index in [-0.39, 0.29) is 47.0 Å². The Balaban J connectivity index is 1.26. The van der Waals surface area contributed by atoms with Gasteiger partial charge in [-0.25, -0.2) is 9.78 Å². The standard InChI is InChI=1S/C32H29N7O6S3/c1-2-3-14-44-38-24(21-16-46-31(33)35-21)28(40)36-25-22-15-43-23(17-47-32-37-34-18-48-32)26(39(22)29(25)41)30(42)45-27(19-10-6-4-7-11-19)20-12-8-5-9-13-20/h2,4-13,16,18,22,25,27H,1,3,14-15,17H2,(H2,33,35)(H,36,40)/b38-24-. The third-order valence-electron chi connectivity index (χ3n) is 7.28. The number of aromatic nitrogens is 3. The molecule has 2 aliphatic rings. The number of rotatable bonds is 14. The van der Waals surface area contributed by atoms with Crippen LogP contribution >= 0.6 is 34.4 Å². The first kappa shape index (κ1) is 32.9. The highest BCUT2D eigenvalue weighted by Crippen LogP contribution is 2.37. The van der Waals surface area contributed by atoms with Crippen molar-refractivity contribution in [2.75, 3.05) is 24.7 Å². The predicted octanol–water partition coefficient (Wildman–Crippen LogP) is 3.94. The third kappa shape index (κ3) is 7.25. The first-order chi connectivity index (χ1) is 23.4. The summed E-state index contributed by atoms with van der Waals surface area (Å²) in [5, 5.41) is 16.4. The lowest BCUT2D eigenvalue weighted by atomic mass is 9.92. The third-order valence-corrected chi connectivity index (χ3v) is 9.81. The van der Waals surface area contributed by atoms with Crippen LogP contribution in [0.5, 0.6) is 0 Å². The smallest absolute Gasteiger partial charge is 0.359 e. The van der Waals surface area contributed by atoms with E-state index in [9.17, 15) is 14.4 Å². The summed E-state index contributed by atoms with van der Waals surface area (Å²) in [4.78, 5) is 52.1. The van der Waals surface area contributed by atoms with Crippen LogP contribution in [0.1, 0.15) is 29.3 Å². The fourth-order valence-electron chi connectivity index (χ4n) is 5.02. The van der Waals surface area contributed by atoms with Crippen LogP contribution in [-0.2, 0) is 28.7 Å². The lowest BCUT2D eigenvalue weighted by Gasteiger charge is -2.49. The number of hydrogen-bond donors (Lipinski definition) is 2. The highest BCUT2D eigenvalue weighted by atomic mass is 32.2. The molecule has 4 aromatic rings. The van der Waals surface area contributed by atoms with E-state index in [2.05, 4.69) is 32.2 Å². The highest BCUT2D eigenvalue weighted by Gasteiger charge is 2.55. The Labute approximate surface area is 287 Å². The summed E-state index contributed by atoms with van der Waals surface area (Å²) >= 11 is 3.79. The molecule has 6 rings (SSSR count). The molecule has 2 aliphatic heterocycles. The molecule has 16 heteroatoms. The zero-order valence-corrected chi connectivity index (χ0v) is 27.7. The summed E-state index contributed by atoms with van der Waals surface area (Å²) in [5.74, 6) is -1.51. The van der Waals surface area contributed by atoms with Gasteiger partial charge < -0.3 is 25.4 Å². The minimum atomic E-state index is -1.02. The quantitative estimate of drug-likeness (QED) is 0.0371. The maximum absolute atomic E-state index is 14.1. The summed E-state index contributed by atoms with van der Waals surface area (Å²) in [5.41, 5.74) is 8.91. The number of thiazole rings is 1. The van der Waals surface area contributed by atoms with E-state index >= 15 is 0 Å². The maximum Gasteiger partial charge on any atom is 0.359 e. The Bertz CT molecular complexity index is 1790. The monoisotopic (exact) mass is 703 g/mol. The lowest BCUT2D eigenvalue weighted by molar-refractivity contribution is -0.163. The predicted molar refractivity (Wildman–Crippen MR) is 181 cm³/mol. The average molecular weight is 704 g/mol. The molecule has 2 aromatic heterocycles. The summed E-state index contributed by atoms with van der Waals surface area (Å²) < 4.78 is 12.9. The van der Waals surface area contributed by atoms with Crippen LogP contribution in [0.3, 0.4) is 0 Å². The van der Waals surface area contributed by atoms with Crippen molar-refractivity contribution in [3.8, 4) is 0 Å². The number of carbonyl (C=O) groups is 3. The molecule has 2 amide bonds. The molecule has 2 unspecified atom stereocenters. The second kappa shape index (κ2) is 15.2. The molecule has 0 aliphatic carbocycles. The number of ether oxygens (including phenoxy) is 2. The second-order valence-corrected chi connectivity index (χ2v) is 13.3. The summed E-state index contributed by atoms with van der Waals surface area (Å²) in [6.07, 6.45) is 1.40. The number of β-lactam (4-membered cyclic amide) rings is 1. The highest BCUT2D eigenvalue weighted by molar-refractivity contribution is 8.01. The number of benzene rings is 2. The Morgan fingerprint density at radius 2 is 1.90 bits per heavy atom. The summed E-state index contributed by atoms with van der Waals surface area (Å²) in [6, 6.07) is 16.9. The van der Waals surface area contributed by atoms with Gasteiger partial charge in [-0.05, 0) is 11.1 Å². The van der Waals surface area contributed by atoms with Gasteiger partial charge in [0.25, 0.3) is 11.8 Å². The Morgan fingerprint density at radius 3 is 2.52 bits per heavy atom. The molecular weight excluding hydrogens is 675 g/mol. The van der Waals surface area contributed by atoms with Gasteiger partial charge in [-0.3, -0.25) is 14.5 Å². The Kier molecular flexibility index (Phi) is 10.4. The van der Waals surface area contributed by atoms with E-state index in [1.807, 2.05) is 60.7 Å². The average Bonchev–Trinajstić information content (AvgIpc) is 3.80. The molecule has 1 fully saturated rings. The van der Waals surface area contributed by atoms with Crippen molar-refractivity contribution >= 4 is 63.1 Å². The van der Waals surface area contributed by atoms with Gasteiger partial charge in [-0.2, -0.15) is 0 Å². The van der Waals surface area contributed by atoms with Gasteiger partial charge >= 0.3 is 5.97 Å². The first-order valence-corrected chi connectivity index (χ1v) is 17.4. The number of nitrogen functional groups attached to an aromatic ring is 1. The number of nitrogens with two attached hydrogens (primary N) is 1. The molecule has 0 spiro atoms. The fraction of sp³-hybridized carbons (Fsp3) is 0.219. The maximum atomic E-state index is 14.1. The molecular formula is C32H29N7O6S3. The van der Waals surface area contributed by atoms with Crippen LogP contribution in [0.4, 0.5) is 5.13 Å². The van der Waals surface area contributed by atoms with Gasteiger partial charge in [0.05, 0.1) is 5.75 Å². The number of fused-ring (bicyclic) bond motifs is 1.